The highest BCUT2D eigenvalue weighted by Crippen LogP contribution is 2.27. The standard InChI is InChI=1S/C24H38FN5O2.HI/c1-2-26-24(28-12-11-27-23(31)17-19-5-3-4-6-19)29-18-22(30-13-15-32-16-14-30)20-7-9-21(25)10-8-20;/h7-10,19,22H,2-6,11-18H2,1H3,(H,27,31)(H2,26,28,29);1H. The van der Waals surface area contributed by atoms with Gasteiger partial charge >= 0.3 is 0 Å². The summed E-state index contributed by atoms with van der Waals surface area (Å²) in [6.45, 7) is 7.55. The van der Waals surface area contributed by atoms with Gasteiger partial charge in [0, 0.05) is 39.1 Å². The van der Waals surface area contributed by atoms with Crippen LogP contribution in [0.5, 0.6) is 0 Å². The number of guanidine groups is 1. The third-order valence-corrected chi connectivity index (χ3v) is 6.20. The molecule has 2 aliphatic rings. The van der Waals surface area contributed by atoms with Crippen LogP contribution in [0.2, 0.25) is 0 Å². The van der Waals surface area contributed by atoms with Crippen LogP contribution >= 0.6 is 24.0 Å². The van der Waals surface area contributed by atoms with Gasteiger partial charge in [-0.05, 0) is 43.4 Å². The number of carbonyl (C=O) groups is 1. The van der Waals surface area contributed by atoms with Crippen LogP contribution < -0.4 is 16.0 Å². The summed E-state index contributed by atoms with van der Waals surface area (Å²) < 4.78 is 18.9. The number of carbonyl (C=O) groups excluding carboxylic acids is 1. The zero-order valence-corrected chi connectivity index (χ0v) is 22.0. The molecule has 1 saturated heterocycles. The molecular formula is C24H39FIN5O2. The molecule has 1 saturated carbocycles. The Balaban J connectivity index is 0.00000385. The number of ether oxygens (including phenoxy) is 1. The van der Waals surface area contributed by atoms with Crippen molar-refractivity contribution in [1.29, 1.82) is 0 Å². The number of hydrogen-bond donors (Lipinski definition) is 3. The SMILES string of the molecule is CCNC(=NCC(c1ccc(F)cc1)N1CCOCC1)NCCNC(=O)CC1CCCC1.I. The van der Waals surface area contributed by atoms with Crippen LogP contribution in [-0.4, -0.2) is 69.2 Å². The van der Waals surface area contributed by atoms with Crippen LogP contribution in [0.1, 0.15) is 50.6 Å². The number of amides is 1. The molecule has 1 aromatic rings. The Labute approximate surface area is 214 Å². The Morgan fingerprint density at radius 1 is 1.12 bits per heavy atom. The quantitative estimate of drug-likeness (QED) is 0.173. The van der Waals surface area contributed by atoms with Crippen LogP contribution in [0, 0.1) is 11.7 Å². The largest absolute Gasteiger partial charge is 0.379 e. The minimum Gasteiger partial charge on any atom is -0.379 e. The molecule has 3 rings (SSSR count). The van der Waals surface area contributed by atoms with Crippen molar-refractivity contribution in [1.82, 2.24) is 20.9 Å². The molecule has 0 aromatic heterocycles. The summed E-state index contributed by atoms with van der Waals surface area (Å²) >= 11 is 0. The van der Waals surface area contributed by atoms with Crippen LogP contribution in [0.25, 0.3) is 0 Å². The minimum atomic E-state index is -0.233. The fourth-order valence-corrected chi connectivity index (χ4v) is 4.46. The molecule has 9 heteroatoms. The Hall–Kier alpha value is -1.46. The maximum Gasteiger partial charge on any atom is 0.220 e. The highest BCUT2D eigenvalue weighted by molar-refractivity contribution is 14.0. The van der Waals surface area contributed by atoms with Gasteiger partial charge in [0.15, 0.2) is 5.96 Å². The number of halogens is 2. The molecule has 1 aliphatic heterocycles. The fraction of sp³-hybridized carbons (Fsp3) is 0.667. The summed E-state index contributed by atoms with van der Waals surface area (Å²) in [6.07, 6.45) is 5.52. The summed E-state index contributed by atoms with van der Waals surface area (Å²) in [4.78, 5) is 19.2. The Morgan fingerprint density at radius 2 is 1.79 bits per heavy atom. The van der Waals surface area contributed by atoms with Crippen molar-refractivity contribution in [3.05, 3.63) is 35.6 Å². The zero-order valence-electron chi connectivity index (χ0n) is 19.7. The van der Waals surface area contributed by atoms with E-state index in [-0.39, 0.29) is 41.7 Å². The molecule has 3 N–H and O–H groups in total. The molecule has 0 spiro atoms. The van der Waals surface area contributed by atoms with Crippen LogP contribution in [0.15, 0.2) is 29.3 Å². The van der Waals surface area contributed by atoms with E-state index in [1.807, 2.05) is 19.1 Å². The average molecular weight is 576 g/mol. The van der Waals surface area contributed by atoms with Gasteiger partial charge in [-0.25, -0.2) is 4.39 Å². The first-order chi connectivity index (χ1) is 15.7. The minimum absolute atomic E-state index is 0. The second-order valence-electron chi connectivity index (χ2n) is 8.57. The van der Waals surface area contributed by atoms with Gasteiger partial charge < -0.3 is 20.7 Å². The van der Waals surface area contributed by atoms with Gasteiger partial charge in [-0.2, -0.15) is 0 Å². The lowest BCUT2D eigenvalue weighted by molar-refractivity contribution is -0.121. The van der Waals surface area contributed by atoms with Crippen LogP contribution in [0.4, 0.5) is 4.39 Å². The number of benzene rings is 1. The average Bonchev–Trinajstić information content (AvgIpc) is 3.31. The second kappa shape index (κ2) is 15.4. The first kappa shape index (κ1) is 27.8. The van der Waals surface area contributed by atoms with Crippen molar-refractivity contribution in [3.8, 4) is 0 Å². The highest BCUT2D eigenvalue weighted by Gasteiger charge is 2.23. The normalized spacial score (nSPS) is 18.4. The molecule has 1 heterocycles. The predicted molar refractivity (Wildman–Crippen MR) is 141 cm³/mol. The van der Waals surface area contributed by atoms with Gasteiger partial charge in [-0.3, -0.25) is 14.7 Å². The first-order valence-corrected chi connectivity index (χ1v) is 12.0. The topological polar surface area (TPSA) is 78.0 Å². The smallest absolute Gasteiger partial charge is 0.220 e. The molecule has 186 valence electrons. The van der Waals surface area contributed by atoms with Crippen molar-refractivity contribution in [3.63, 3.8) is 0 Å². The molecule has 1 atom stereocenters. The lowest BCUT2D eigenvalue weighted by Crippen LogP contribution is -2.43. The number of hydrogen-bond acceptors (Lipinski definition) is 4. The summed E-state index contributed by atoms with van der Waals surface area (Å²) in [6, 6.07) is 6.74. The highest BCUT2D eigenvalue weighted by atomic mass is 127. The van der Waals surface area contributed by atoms with Crippen molar-refractivity contribution >= 4 is 35.8 Å². The van der Waals surface area contributed by atoms with E-state index >= 15 is 0 Å². The number of nitrogens with zero attached hydrogens (tertiary/aromatic N) is 2. The fourth-order valence-electron chi connectivity index (χ4n) is 4.46. The monoisotopic (exact) mass is 575 g/mol. The van der Waals surface area contributed by atoms with E-state index in [2.05, 4.69) is 20.9 Å². The zero-order chi connectivity index (χ0) is 22.6. The second-order valence-corrected chi connectivity index (χ2v) is 8.57. The molecule has 0 bridgehead atoms. The third kappa shape index (κ3) is 9.74. The lowest BCUT2D eigenvalue weighted by Gasteiger charge is -2.34. The molecule has 7 nitrogen and oxygen atoms in total. The molecule has 0 radical (unpaired) electrons. The summed E-state index contributed by atoms with van der Waals surface area (Å²) in [7, 11) is 0. The van der Waals surface area contributed by atoms with E-state index < -0.39 is 0 Å². The van der Waals surface area contributed by atoms with E-state index in [4.69, 9.17) is 9.73 Å². The van der Waals surface area contributed by atoms with Gasteiger partial charge in [0.25, 0.3) is 0 Å². The molecule has 1 aromatic carbocycles. The molecule has 1 unspecified atom stereocenters. The van der Waals surface area contributed by atoms with Gasteiger partial charge in [0.1, 0.15) is 5.82 Å². The predicted octanol–water partition coefficient (Wildman–Crippen LogP) is 3.07. The maximum absolute atomic E-state index is 13.4. The number of morpholine rings is 1. The molecule has 33 heavy (non-hydrogen) atoms. The van der Waals surface area contributed by atoms with Gasteiger partial charge in [-0.1, -0.05) is 25.0 Å². The number of aliphatic imine (C=N–C) groups is 1. The third-order valence-electron chi connectivity index (χ3n) is 6.20. The van der Waals surface area contributed by atoms with E-state index in [1.54, 1.807) is 0 Å². The molecule has 1 aliphatic carbocycles. The van der Waals surface area contributed by atoms with Crippen molar-refractivity contribution in [2.24, 2.45) is 10.9 Å². The van der Waals surface area contributed by atoms with E-state index in [9.17, 15) is 9.18 Å². The van der Waals surface area contributed by atoms with Gasteiger partial charge in [0.05, 0.1) is 25.8 Å². The van der Waals surface area contributed by atoms with Crippen molar-refractivity contribution in [2.45, 2.75) is 45.1 Å². The lowest BCUT2D eigenvalue weighted by atomic mass is 10.0. The van der Waals surface area contributed by atoms with E-state index in [1.165, 1.54) is 37.8 Å². The summed E-state index contributed by atoms with van der Waals surface area (Å²) in [5.41, 5.74) is 1.05. The first-order valence-electron chi connectivity index (χ1n) is 12.0. The maximum atomic E-state index is 13.4. The Morgan fingerprint density at radius 3 is 2.45 bits per heavy atom. The Bertz CT molecular complexity index is 722. The van der Waals surface area contributed by atoms with Gasteiger partial charge in [-0.15, -0.1) is 24.0 Å². The van der Waals surface area contributed by atoms with Crippen molar-refractivity contribution in [2.75, 3.05) is 52.5 Å². The van der Waals surface area contributed by atoms with E-state index in [0.717, 1.165) is 31.2 Å². The van der Waals surface area contributed by atoms with Crippen molar-refractivity contribution < 1.29 is 13.9 Å². The Kier molecular flexibility index (Phi) is 13.0. The molecule has 2 fully saturated rings. The van der Waals surface area contributed by atoms with Crippen LogP contribution in [0.3, 0.4) is 0 Å². The number of rotatable bonds is 10. The van der Waals surface area contributed by atoms with Gasteiger partial charge in [0.2, 0.25) is 5.91 Å². The summed E-state index contributed by atoms with van der Waals surface area (Å²) in [5, 5.41) is 9.59. The van der Waals surface area contributed by atoms with E-state index in [0.29, 0.717) is 45.2 Å². The number of nitrogens with one attached hydrogen (secondary N) is 3. The van der Waals surface area contributed by atoms with Crippen LogP contribution in [-0.2, 0) is 9.53 Å². The molecule has 1 amide bonds. The molecular weight excluding hydrogens is 536 g/mol. The summed E-state index contributed by atoms with van der Waals surface area (Å²) in [5.74, 6) is 1.19.